The van der Waals surface area contributed by atoms with Crippen molar-refractivity contribution in [3.8, 4) is 11.5 Å². The summed E-state index contributed by atoms with van der Waals surface area (Å²) < 4.78 is 15.5. The standard InChI is InChI=1S/C18H27N3O5/c1-24-11-13(19)17(22)20-14-10-16(26-3)15(25-2)9-12(14)18(23)21-7-5-4-6-8-21/h9-10,13H,4-8,11,19H2,1-3H3,(H,20,22). The molecular weight excluding hydrogens is 338 g/mol. The summed E-state index contributed by atoms with van der Waals surface area (Å²) in [4.78, 5) is 27.1. The number of hydrogen-bond donors (Lipinski definition) is 2. The fourth-order valence-electron chi connectivity index (χ4n) is 2.91. The molecule has 3 N–H and O–H groups in total. The van der Waals surface area contributed by atoms with Gasteiger partial charge in [-0.3, -0.25) is 9.59 Å². The van der Waals surface area contributed by atoms with E-state index < -0.39 is 11.9 Å². The van der Waals surface area contributed by atoms with Gasteiger partial charge in [-0.05, 0) is 25.3 Å². The number of carbonyl (C=O) groups excluding carboxylic acids is 2. The summed E-state index contributed by atoms with van der Waals surface area (Å²) in [6, 6.07) is 2.33. The van der Waals surface area contributed by atoms with Gasteiger partial charge in [0.2, 0.25) is 5.91 Å². The average Bonchev–Trinajstić information content (AvgIpc) is 2.67. The van der Waals surface area contributed by atoms with Crippen molar-refractivity contribution in [2.75, 3.05) is 46.3 Å². The van der Waals surface area contributed by atoms with E-state index in [9.17, 15) is 9.59 Å². The molecule has 0 aliphatic carbocycles. The summed E-state index contributed by atoms with van der Waals surface area (Å²) >= 11 is 0. The first-order valence-electron chi connectivity index (χ1n) is 8.62. The van der Waals surface area contributed by atoms with Crippen LogP contribution in [0.3, 0.4) is 0 Å². The third-order valence-electron chi connectivity index (χ3n) is 4.34. The predicted molar refractivity (Wildman–Crippen MR) is 97.8 cm³/mol. The number of carbonyl (C=O) groups is 2. The van der Waals surface area contributed by atoms with Crippen molar-refractivity contribution in [1.82, 2.24) is 4.90 Å². The molecule has 8 nitrogen and oxygen atoms in total. The predicted octanol–water partition coefficient (Wildman–Crippen LogP) is 1.24. The minimum Gasteiger partial charge on any atom is -0.493 e. The van der Waals surface area contributed by atoms with Gasteiger partial charge in [-0.2, -0.15) is 0 Å². The number of amides is 2. The van der Waals surface area contributed by atoms with Gasteiger partial charge in [0.05, 0.1) is 32.1 Å². The molecule has 2 rings (SSSR count). The highest BCUT2D eigenvalue weighted by Gasteiger charge is 2.25. The van der Waals surface area contributed by atoms with Gasteiger partial charge in [0.1, 0.15) is 6.04 Å². The fraction of sp³-hybridized carbons (Fsp3) is 0.556. The Bertz CT molecular complexity index is 644. The number of nitrogens with one attached hydrogen (secondary N) is 1. The van der Waals surface area contributed by atoms with Crippen LogP contribution < -0.4 is 20.5 Å². The molecule has 0 aromatic heterocycles. The zero-order valence-electron chi connectivity index (χ0n) is 15.5. The number of benzene rings is 1. The molecule has 1 saturated heterocycles. The van der Waals surface area contributed by atoms with E-state index in [1.807, 2.05) is 0 Å². The Kier molecular flexibility index (Phi) is 7.23. The van der Waals surface area contributed by atoms with E-state index in [1.54, 1.807) is 17.0 Å². The zero-order valence-corrected chi connectivity index (χ0v) is 15.5. The lowest BCUT2D eigenvalue weighted by molar-refractivity contribution is -0.118. The summed E-state index contributed by atoms with van der Waals surface area (Å²) in [5, 5.41) is 2.71. The Morgan fingerprint density at radius 1 is 1.12 bits per heavy atom. The molecule has 1 aromatic rings. The van der Waals surface area contributed by atoms with E-state index in [-0.39, 0.29) is 12.5 Å². The first kappa shape index (κ1) is 20.0. The second kappa shape index (κ2) is 9.40. The van der Waals surface area contributed by atoms with Crippen LogP contribution in [0.15, 0.2) is 12.1 Å². The highest BCUT2D eigenvalue weighted by atomic mass is 16.5. The van der Waals surface area contributed by atoms with E-state index in [2.05, 4.69) is 5.32 Å². The van der Waals surface area contributed by atoms with Gasteiger partial charge < -0.3 is 30.2 Å². The number of hydrogen-bond acceptors (Lipinski definition) is 6. The van der Waals surface area contributed by atoms with Gasteiger partial charge in [0.15, 0.2) is 11.5 Å². The Hall–Kier alpha value is -2.32. The maximum atomic E-state index is 13.0. The quantitative estimate of drug-likeness (QED) is 0.754. The van der Waals surface area contributed by atoms with Crippen LogP contribution in [0, 0.1) is 0 Å². The highest BCUT2D eigenvalue weighted by molar-refractivity contribution is 6.05. The van der Waals surface area contributed by atoms with Crippen LogP contribution in [0.2, 0.25) is 0 Å². The Balaban J connectivity index is 2.36. The van der Waals surface area contributed by atoms with Crippen LogP contribution in [-0.4, -0.2) is 63.8 Å². The summed E-state index contributed by atoms with van der Waals surface area (Å²) in [6.45, 7) is 1.47. The maximum Gasteiger partial charge on any atom is 0.256 e. The van der Waals surface area contributed by atoms with Crippen LogP contribution in [0.25, 0.3) is 0 Å². The lowest BCUT2D eigenvalue weighted by Crippen LogP contribution is -2.40. The molecule has 1 heterocycles. The lowest BCUT2D eigenvalue weighted by atomic mass is 10.1. The third-order valence-corrected chi connectivity index (χ3v) is 4.34. The molecule has 26 heavy (non-hydrogen) atoms. The molecule has 1 aliphatic heterocycles. The molecule has 1 fully saturated rings. The molecule has 1 unspecified atom stereocenters. The molecule has 0 radical (unpaired) electrons. The summed E-state index contributed by atoms with van der Waals surface area (Å²) in [5.41, 5.74) is 6.47. The van der Waals surface area contributed by atoms with Gasteiger partial charge >= 0.3 is 0 Å². The Morgan fingerprint density at radius 2 is 1.73 bits per heavy atom. The molecule has 2 amide bonds. The van der Waals surface area contributed by atoms with E-state index in [4.69, 9.17) is 19.9 Å². The SMILES string of the molecule is COCC(N)C(=O)Nc1cc(OC)c(OC)cc1C(=O)N1CCCCC1. The molecule has 1 atom stereocenters. The van der Waals surface area contributed by atoms with Crippen LogP contribution >= 0.6 is 0 Å². The number of nitrogens with two attached hydrogens (primary N) is 1. The second-order valence-electron chi connectivity index (χ2n) is 6.16. The number of ether oxygens (including phenoxy) is 3. The van der Waals surface area contributed by atoms with Crippen LogP contribution in [0.4, 0.5) is 5.69 Å². The van der Waals surface area contributed by atoms with Gasteiger partial charge in [-0.1, -0.05) is 0 Å². The number of piperidine rings is 1. The smallest absolute Gasteiger partial charge is 0.256 e. The normalized spacial score (nSPS) is 15.3. The van der Waals surface area contributed by atoms with Crippen molar-refractivity contribution < 1.29 is 23.8 Å². The van der Waals surface area contributed by atoms with Gasteiger partial charge in [-0.25, -0.2) is 0 Å². The Labute approximate surface area is 153 Å². The van der Waals surface area contributed by atoms with Crippen LogP contribution in [-0.2, 0) is 9.53 Å². The molecule has 1 aromatic carbocycles. The van der Waals surface area contributed by atoms with E-state index >= 15 is 0 Å². The van der Waals surface area contributed by atoms with Crippen molar-refractivity contribution in [3.63, 3.8) is 0 Å². The summed E-state index contributed by atoms with van der Waals surface area (Å²) in [5.74, 6) is 0.249. The number of nitrogens with zero attached hydrogens (tertiary/aromatic N) is 1. The van der Waals surface area contributed by atoms with Crippen molar-refractivity contribution in [3.05, 3.63) is 17.7 Å². The zero-order chi connectivity index (χ0) is 19.1. The van der Waals surface area contributed by atoms with Gasteiger partial charge in [0.25, 0.3) is 5.91 Å². The molecule has 0 bridgehead atoms. The molecule has 144 valence electrons. The molecule has 0 saturated carbocycles. The molecule has 0 spiro atoms. The number of rotatable bonds is 7. The van der Waals surface area contributed by atoms with Gasteiger partial charge in [0, 0.05) is 26.3 Å². The van der Waals surface area contributed by atoms with Gasteiger partial charge in [-0.15, -0.1) is 0 Å². The first-order chi connectivity index (χ1) is 12.5. The number of likely N-dealkylation sites (tertiary alicyclic amines) is 1. The average molecular weight is 365 g/mol. The summed E-state index contributed by atoms with van der Waals surface area (Å²) in [6.07, 6.45) is 3.06. The molecular formula is C18H27N3O5. The molecule has 1 aliphatic rings. The van der Waals surface area contributed by atoms with Crippen molar-refractivity contribution in [2.24, 2.45) is 5.73 Å². The minimum atomic E-state index is -0.842. The largest absolute Gasteiger partial charge is 0.493 e. The van der Waals surface area contributed by atoms with E-state index in [0.29, 0.717) is 35.8 Å². The van der Waals surface area contributed by atoms with Crippen molar-refractivity contribution in [1.29, 1.82) is 0 Å². The summed E-state index contributed by atoms with van der Waals surface area (Å²) in [7, 11) is 4.46. The number of methoxy groups -OCH3 is 3. The van der Waals surface area contributed by atoms with E-state index in [0.717, 1.165) is 19.3 Å². The number of anilines is 1. The van der Waals surface area contributed by atoms with Crippen molar-refractivity contribution in [2.45, 2.75) is 25.3 Å². The van der Waals surface area contributed by atoms with Crippen LogP contribution in [0.1, 0.15) is 29.6 Å². The maximum absolute atomic E-state index is 13.0. The topological polar surface area (TPSA) is 103 Å². The third kappa shape index (κ3) is 4.64. The van der Waals surface area contributed by atoms with E-state index in [1.165, 1.54) is 21.3 Å². The Morgan fingerprint density at radius 3 is 2.31 bits per heavy atom. The van der Waals surface area contributed by atoms with Crippen LogP contribution in [0.5, 0.6) is 11.5 Å². The second-order valence-corrected chi connectivity index (χ2v) is 6.16. The molecule has 8 heteroatoms. The highest BCUT2D eigenvalue weighted by Crippen LogP contribution is 2.34. The lowest BCUT2D eigenvalue weighted by Gasteiger charge is -2.28. The fourth-order valence-corrected chi connectivity index (χ4v) is 2.91. The van der Waals surface area contributed by atoms with Crippen molar-refractivity contribution >= 4 is 17.5 Å². The first-order valence-corrected chi connectivity index (χ1v) is 8.62. The minimum absolute atomic E-state index is 0.0779. The monoisotopic (exact) mass is 365 g/mol.